The second kappa shape index (κ2) is 6.76. The first kappa shape index (κ1) is 17.1. The number of aliphatic hydroxyl groups excluding tert-OH is 2. The molecular formula is C22H28O3. The molecule has 3 aliphatic rings. The van der Waals surface area contributed by atoms with Gasteiger partial charge in [-0.15, -0.1) is 0 Å². The van der Waals surface area contributed by atoms with Crippen molar-refractivity contribution < 1.29 is 14.9 Å². The number of rotatable bonds is 2. The van der Waals surface area contributed by atoms with Crippen molar-refractivity contribution in [1.82, 2.24) is 0 Å². The van der Waals surface area contributed by atoms with Crippen molar-refractivity contribution in [1.29, 1.82) is 0 Å². The molecule has 0 amide bonds. The highest BCUT2D eigenvalue weighted by Crippen LogP contribution is 2.54. The van der Waals surface area contributed by atoms with Gasteiger partial charge >= 0.3 is 0 Å². The van der Waals surface area contributed by atoms with Crippen LogP contribution < -0.4 is 0 Å². The lowest BCUT2D eigenvalue weighted by atomic mass is 9.83. The molecule has 2 fully saturated rings. The van der Waals surface area contributed by atoms with E-state index in [2.05, 4.69) is 36.1 Å². The van der Waals surface area contributed by atoms with E-state index in [9.17, 15) is 10.2 Å². The number of hydrogen-bond acceptors (Lipinski definition) is 3. The second-order valence-corrected chi connectivity index (χ2v) is 7.98. The van der Waals surface area contributed by atoms with Crippen LogP contribution in [0, 0.1) is 23.7 Å². The van der Waals surface area contributed by atoms with Crippen LogP contribution in [0.15, 0.2) is 24.3 Å². The molecule has 0 aromatic heterocycles. The Morgan fingerprint density at radius 3 is 2.72 bits per heavy atom. The van der Waals surface area contributed by atoms with Crippen molar-refractivity contribution in [2.24, 2.45) is 11.8 Å². The van der Waals surface area contributed by atoms with Gasteiger partial charge in [0.05, 0.1) is 6.10 Å². The molecule has 0 spiro atoms. The van der Waals surface area contributed by atoms with Crippen LogP contribution in [-0.4, -0.2) is 35.1 Å². The van der Waals surface area contributed by atoms with Crippen molar-refractivity contribution in [3.05, 3.63) is 35.4 Å². The quantitative estimate of drug-likeness (QED) is 0.814. The molecule has 3 nitrogen and oxygen atoms in total. The van der Waals surface area contributed by atoms with E-state index >= 15 is 0 Å². The molecule has 25 heavy (non-hydrogen) atoms. The Morgan fingerprint density at radius 1 is 1.20 bits per heavy atom. The van der Waals surface area contributed by atoms with Gasteiger partial charge in [-0.3, -0.25) is 0 Å². The van der Waals surface area contributed by atoms with Crippen molar-refractivity contribution >= 4 is 0 Å². The normalized spacial score (nSPS) is 35.6. The zero-order valence-corrected chi connectivity index (χ0v) is 14.9. The fourth-order valence-electron chi connectivity index (χ4n) is 5.35. The lowest BCUT2D eigenvalue weighted by Crippen LogP contribution is -2.44. The number of fused-ring (bicyclic) bond motifs is 3. The van der Waals surface area contributed by atoms with Crippen LogP contribution >= 0.6 is 0 Å². The molecule has 5 unspecified atom stereocenters. The third-order valence-corrected chi connectivity index (χ3v) is 6.75. The van der Waals surface area contributed by atoms with Crippen LogP contribution in [0.2, 0.25) is 0 Å². The average molecular weight is 340 g/mol. The predicted molar refractivity (Wildman–Crippen MR) is 97.1 cm³/mol. The molecule has 2 saturated carbocycles. The van der Waals surface area contributed by atoms with Crippen LogP contribution in [-0.2, 0) is 11.2 Å². The molecule has 0 aliphatic heterocycles. The van der Waals surface area contributed by atoms with E-state index in [1.54, 1.807) is 7.11 Å². The molecule has 0 radical (unpaired) electrons. The molecule has 0 bridgehead atoms. The molecular weight excluding hydrogens is 312 g/mol. The second-order valence-electron chi connectivity index (χ2n) is 7.98. The van der Waals surface area contributed by atoms with E-state index in [4.69, 9.17) is 4.74 Å². The minimum absolute atomic E-state index is 0.163. The summed E-state index contributed by atoms with van der Waals surface area (Å²) in [5.74, 6) is 7.03. The Bertz CT molecular complexity index is 682. The maximum absolute atomic E-state index is 10.8. The third-order valence-electron chi connectivity index (χ3n) is 6.75. The molecule has 2 N–H and O–H groups in total. The summed E-state index contributed by atoms with van der Waals surface area (Å²) in [6, 6.07) is 8.48. The lowest BCUT2D eigenvalue weighted by Gasteiger charge is -2.32. The van der Waals surface area contributed by atoms with E-state index in [-0.39, 0.29) is 11.8 Å². The van der Waals surface area contributed by atoms with Crippen molar-refractivity contribution in [2.45, 2.75) is 68.7 Å². The summed E-state index contributed by atoms with van der Waals surface area (Å²) < 4.78 is 5.86. The van der Waals surface area contributed by atoms with Gasteiger partial charge in [-0.25, -0.2) is 0 Å². The highest BCUT2D eigenvalue weighted by molar-refractivity contribution is 5.43. The van der Waals surface area contributed by atoms with Gasteiger partial charge in [-0.05, 0) is 48.6 Å². The number of ether oxygens (including phenoxy) is 1. The standard InChI is InChI=1S/C22H28O3/c1-25-22(12-11-20(23)15-7-3-2-4-8-15)19-13-16-9-5-6-10-17(16)18(19)14-21(22)24/h5-6,9-10,15,18-21,23-24H,2-4,7-8,13-14H2,1H3. The van der Waals surface area contributed by atoms with Crippen LogP contribution in [0.1, 0.15) is 55.6 Å². The Morgan fingerprint density at radius 2 is 1.96 bits per heavy atom. The van der Waals surface area contributed by atoms with Crippen molar-refractivity contribution in [3.63, 3.8) is 0 Å². The number of hydrogen-bond donors (Lipinski definition) is 2. The highest BCUT2D eigenvalue weighted by atomic mass is 16.5. The molecule has 134 valence electrons. The van der Waals surface area contributed by atoms with E-state index in [0.29, 0.717) is 12.3 Å². The van der Waals surface area contributed by atoms with Gasteiger partial charge in [0.25, 0.3) is 0 Å². The Labute approximate surface area is 150 Å². The topological polar surface area (TPSA) is 49.7 Å². The van der Waals surface area contributed by atoms with Crippen molar-refractivity contribution in [2.75, 3.05) is 7.11 Å². The van der Waals surface area contributed by atoms with Gasteiger partial charge in [0.1, 0.15) is 6.10 Å². The number of methoxy groups -OCH3 is 1. The molecule has 0 heterocycles. The van der Waals surface area contributed by atoms with Gasteiger partial charge in [-0.1, -0.05) is 55.4 Å². The molecule has 5 atom stereocenters. The van der Waals surface area contributed by atoms with E-state index in [0.717, 1.165) is 19.3 Å². The average Bonchev–Trinajstić information content (AvgIpc) is 3.14. The summed E-state index contributed by atoms with van der Waals surface area (Å²) in [4.78, 5) is 0. The minimum atomic E-state index is -0.862. The smallest absolute Gasteiger partial charge is 0.157 e. The van der Waals surface area contributed by atoms with Crippen LogP contribution in [0.4, 0.5) is 0 Å². The van der Waals surface area contributed by atoms with Gasteiger partial charge in [-0.2, -0.15) is 0 Å². The van der Waals surface area contributed by atoms with Gasteiger partial charge in [0.15, 0.2) is 5.60 Å². The fraction of sp³-hybridized carbons (Fsp3) is 0.636. The maximum atomic E-state index is 10.8. The molecule has 1 aromatic rings. The van der Waals surface area contributed by atoms with Gasteiger partial charge < -0.3 is 14.9 Å². The highest BCUT2D eigenvalue weighted by Gasteiger charge is 2.57. The largest absolute Gasteiger partial charge is 0.389 e. The maximum Gasteiger partial charge on any atom is 0.157 e. The fourth-order valence-corrected chi connectivity index (χ4v) is 5.35. The monoisotopic (exact) mass is 340 g/mol. The summed E-state index contributed by atoms with van der Waals surface area (Å²) in [5, 5.41) is 21.3. The number of benzene rings is 1. The van der Waals surface area contributed by atoms with Crippen LogP contribution in [0.5, 0.6) is 0 Å². The van der Waals surface area contributed by atoms with Crippen LogP contribution in [0.25, 0.3) is 0 Å². The third kappa shape index (κ3) is 2.81. The van der Waals surface area contributed by atoms with Gasteiger partial charge in [0, 0.05) is 13.0 Å². The summed E-state index contributed by atoms with van der Waals surface area (Å²) in [6.07, 6.45) is 6.09. The van der Waals surface area contributed by atoms with Crippen LogP contribution in [0.3, 0.4) is 0 Å². The minimum Gasteiger partial charge on any atom is -0.389 e. The lowest BCUT2D eigenvalue weighted by molar-refractivity contribution is -0.0664. The van der Waals surface area contributed by atoms with E-state index in [1.165, 1.54) is 30.4 Å². The Kier molecular flexibility index (Phi) is 4.62. The first-order chi connectivity index (χ1) is 12.2. The van der Waals surface area contributed by atoms with Gasteiger partial charge in [0.2, 0.25) is 0 Å². The summed E-state index contributed by atoms with van der Waals surface area (Å²) >= 11 is 0. The molecule has 3 aliphatic carbocycles. The molecule has 0 saturated heterocycles. The predicted octanol–water partition coefficient (Wildman–Crippen LogP) is 3.04. The van der Waals surface area contributed by atoms with Crippen molar-refractivity contribution in [3.8, 4) is 11.8 Å². The SMILES string of the molecule is COC1(C#CC(O)C2CCCCC2)C(O)CC2c3ccccc3CC21. The Hall–Kier alpha value is -1.34. The zero-order chi connectivity index (χ0) is 17.4. The molecule has 1 aromatic carbocycles. The first-order valence-electron chi connectivity index (χ1n) is 9.67. The zero-order valence-electron chi connectivity index (χ0n) is 14.9. The summed E-state index contributed by atoms with van der Waals surface area (Å²) in [7, 11) is 1.65. The molecule has 4 rings (SSSR count). The Balaban J connectivity index is 1.60. The first-order valence-corrected chi connectivity index (χ1v) is 9.67. The number of aliphatic hydroxyl groups is 2. The summed E-state index contributed by atoms with van der Waals surface area (Å²) in [5.41, 5.74) is 1.82. The van der Waals surface area contributed by atoms with E-state index < -0.39 is 17.8 Å². The van der Waals surface area contributed by atoms with E-state index in [1.807, 2.05) is 0 Å². The molecule has 3 heteroatoms. The summed E-state index contributed by atoms with van der Waals surface area (Å²) in [6.45, 7) is 0.